The molecule has 0 saturated carbocycles. The molecule has 0 atom stereocenters. The number of hydrogen-bond donors (Lipinski definition) is 0. The number of nitrogens with zero attached hydrogens (tertiary/aromatic N) is 2. The van der Waals surface area contributed by atoms with E-state index in [1.807, 2.05) is 12.1 Å². The number of aromatic nitrogens is 2. The molecule has 0 aliphatic rings. The van der Waals surface area contributed by atoms with Gasteiger partial charge in [0.05, 0.1) is 0 Å². The van der Waals surface area contributed by atoms with Gasteiger partial charge in [0.15, 0.2) is 0 Å². The molecule has 70 valence electrons. The Hall–Kier alpha value is -1.61. The lowest BCUT2D eigenvalue weighted by Crippen LogP contribution is -1.79. The monoisotopic (exact) mass is 206 g/mol. The summed E-state index contributed by atoms with van der Waals surface area (Å²) in [5, 5.41) is 4.47. The summed E-state index contributed by atoms with van der Waals surface area (Å²) >= 11 is 5.75. The molecule has 1 heterocycles. The quantitative estimate of drug-likeness (QED) is 0.758. The summed E-state index contributed by atoms with van der Waals surface area (Å²) in [4.78, 5) is 4.09. The average Bonchev–Trinajstić information content (AvgIpc) is 2.67. The van der Waals surface area contributed by atoms with E-state index in [-0.39, 0.29) is 0 Å². The Morgan fingerprint density at radius 3 is 2.57 bits per heavy atom. The molecular formula is C10H7ClN2O. The second kappa shape index (κ2) is 3.64. The van der Waals surface area contributed by atoms with Gasteiger partial charge in [0.25, 0.3) is 0 Å². The predicted molar refractivity (Wildman–Crippen MR) is 54.8 cm³/mol. The van der Waals surface area contributed by atoms with Crippen molar-refractivity contribution in [1.82, 2.24) is 10.1 Å². The van der Waals surface area contributed by atoms with Crippen molar-refractivity contribution in [3.05, 3.63) is 41.8 Å². The van der Waals surface area contributed by atoms with Crippen LogP contribution in [0.5, 0.6) is 0 Å². The highest BCUT2D eigenvalue weighted by atomic mass is 35.5. The maximum absolute atomic E-state index is 5.75. The molecule has 0 bridgehead atoms. The van der Waals surface area contributed by atoms with Crippen LogP contribution in [0.1, 0.15) is 5.89 Å². The highest BCUT2D eigenvalue weighted by Gasteiger charge is 2.05. The van der Waals surface area contributed by atoms with Crippen molar-refractivity contribution in [3.63, 3.8) is 0 Å². The summed E-state index contributed by atoms with van der Waals surface area (Å²) in [6.45, 7) is 3.53. The Labute approximate surface area is 86.0 Å². The zero-order valence-electron chi connectivity index (χ0n) is 7.27. The first-order chi connectivity index (χ1) is 6.79. The van der Waals surface area contributed by atoms with Gasteiger partial charge in [-0.2, -0.15) is 4.98 Å². The highest BCUT2D eigenvalue weighted by Crippen LogP contribution is 2.18. The van der Waals surface area contributed by atoms with E-state index in [1.54, 1.807) is 12.1 Å². The maximum atomic E-state index is 5.75. The van der Waals surface area contributed by atoms with Gasteiger partial charge in [-0.25, -0.2) is 0 Å². The second-order valence-corrected chi connectivity index (χ2v) is 3.10. The molecule has 0 fully saturated rings. The Kier molecular flexibility index (Phi) is 2.33. The summed E-state index contributed by atoms with van der Waals surface area (Å²) in [6.07, 6.45) is 1.51. The summed E-state index contributed by atoms with van der Waals surface area (Å²) in [5.41, 5.74) is 0.867. The number of halogens is 1. The van der Waals surface area contributed by atoms with Crippen LogP contribution in [0.4, 0.5) is 0 Å². The highest BCUT2D eigenvalue weighted by molar-refractivity contribution is 6.30. The minimum Gasteiger partial charge on any atom is -0.334 e. The van der Waals surface area contributed by atoms with Crippen LogP contribution in [0.3, 0.4) is 0 Å². The fourth-order valence-corrected chi connectivity index (χ4v) is 1.16. The van der Waals surface area contributed by atoms with Crippen molar-refractivity contribution >= 4 is 17.7 Å². The van der Waals surface area contributed by atoms with Crippen LogP contribution in [0.15, 0.2) is 35.4 Å². The van der Waals surface area contributed by atoms with E-state index >= 15 is 0 Å². The van der Waals surface area contributed by atoms with Crippen molar-refractivity contribution in [2.45, 2.75) is 0 Å². The zero-order valence-corrected chi connectivity index (χ0v) is 8.03. The summed E-state index contributed by atoms with van der Waals surface area (Å²) in [5.74, 6) is 0.950. The fourth-order valence-electron chi connectivity index (χ4n) is 1.03. The lowest BCUT2D eigenvalue weighted by molar-refractivity contribution is 0.411. The molecule has 3 nitrogen and oxygen atoms in total. The van der Waals surface area contributed by atoms with Crippen molar-refractivity contribution in [2.75, 3.05) is 0 Å². The molecular weight excluding hydrogens is 200 g/mol. The molecule has 0 spiro atoms. The van der Waals surface area contributed by atoms with Gasteiger partial charge < -0.3 is 4.52 Å². The molecule has 14 heavy (non-hydrogen) atoms. The zero-order chi connectivity index (χ0) is 9.97. The van der Waals surface area contributed by atoms with E-state index in [4.69, 9.17) is 16.1 Å². The van der Waals surface area contributed by atoms with Crippen molar-refractivity contribution in [3.8, 4) is 11.4 Å². The topological polar surface area (TPSA) is 38.9 Å². The Morgan fingerprint density at radius 1 is 1.29 bits per heavy atom. The Bertz CT molecular complexity index is 447. The maximum Gasteiger partial charge on any atom is 0.250 e. The number of rotatable bonds is 2. The third-order valence-electron chi connectivity index (χ3n) is 1.72. The van der Waals surface area contributed by atoms with Gasteiger partial charge in [0.2, 0.25) is 11.7 Å². The molecule has 1 aromatic carbocycles. The number of hydrogen-bond acceptors (Lipinski definition) is 3. The first-order valence-electron chi connectivity index (χ1n) is 4.01. The first kappa shape index (κ1) is 8.97. The van der Waals surface area contributed by atoms with Gasteiger partial charge in [-0.3, -0.25) is 0 Å². The molecule has 0 N–H and O–H groups in total. The van der Waals surface area contributed by atoms with Gasteiger partial charge in [0, 0.05) is 10.6 Å². The smallest absolute Gasteiger partial charge is 0.250 e. The minimum absolute atomic E-state index is 0.412. The van der Waals surface area contributed by atoms with Crippen LogP contribution in [0.2, 0.25) is 5.02 Å². The number of benzene rings is 1. The van der Waals surface area contributed by atoms with Gasteiger partial charge in [-0.1, -0.05) is 23.3 Å². The summed E-state index contributed by atoms with van der Waals surface area (Å²) in [6, 6.07) is 7.22. The normalized spacial score (nSPS) is 10.1. The van der Waals surface area contributed by atoms with Crippen LogP contribution in [-0.2, 0) is 0 Å². The van der Waals surface area contributed by atoms with Crippen LogP contribution in [0, 0.1) is 0 Å². The predicted octanol–water partition coefficient (Wildman–Crippen LogP) is 3.03. The van der Waals surface area contributed by atoms with E-state index in [2.05, 4.69) is 16.7 Å². The van der Waals surface area contributed by atoms with Crippen molar-refractivity contribution in [2.24, 2.45) is 0 Å². The average molecular weight is 207 g/mol. The van der Waals surface area contributed by atoms with Crippen LogP contribution >= 0.6 is 11.6 Å². The lowest BCUT2D eigenvalue weighted by atomic mass is 10.2. The van der Waals surface area contributed by atoms with E-state index in [9.17, 15) is 0 Å². The molecule has 0 radical (unpaired) electrons. The van der Waals surface area contributed by atoms with E-state index in [0.717, 1.165) is 5.56 Å². The van der Waals surface area contributed by atoms with Gasteiger partial charge >= 0.3 is 0 Å². The molecule has 2 rings (SSSR count). The third kappa shape index (κ3) is 1.67. The van der Waals surface area contributed by atoms with Crippen LogP contribution in [-0.4, -0.2) is 10.1 Å². The van der Waals surface area contributed by atoms with Crippen LogP contribution in [0.25, 0.3) is 17.5 Å². The SMILES string of the molecule is C=Cc1nc(-c2ccc(Cl)cc2)no1. The second-order valence-electron chi connectivity index (χ2n) is 2.67. The molecule has 1 aromatic heterocycles. The molecule has 0 amide bonds. The molecule has 0 saturated heterocycles. The molecule has 2 aromatic rings. The molecule has 0 aliphatic carbocycles. The van der Waals surface area contributed by atoms with Crippen molar-refractivity contribution < 1.29 is 4.52 Å². The Morgan fingerprint density at radius 2 is 2.00 bits per heavy atom. The van der Waals surface area contributed by atoms with E-state index in [0.29, 0.717) is 16.7 Å². The van der Waals surface area contributed by atoms with Gasteiger partial charge in [0.1, 0.15) is 0 Å². The molecule has 4 heteroatoms. The third-order valence-corrected chi connectivity index (χ3v) is 1.97. The fraction of sp³-hybridized carbons (Fsp3) is 0. The van der Waals surface area contributed by atoms with Gasteiger partial charge in [-0.05, 0) is 30.3 Å². The van der Waals surface area contributed by atoms with E-state index in [1.165, 1.54) is 6.08 Å². The lowest BCUT2D eigenvalue weighted by Gasteiger charge is -1.92. The molecule has 0 unspecified atom stereocenters. The van der Waals surface area contributed by atoms with Crippen LogP contribution < -0.4 is 0 Å². The summed E-state index contributed by atoms with van der Waals surface area (Å²) < 4.78 is 4.89. The van der Waals surface area contributed by atoms with E-state index < -0.39 is 0 Å². The minimum atomic E-state index is 0.412. The first-order valence-corrected chi connectivity index (χ1v) is 4.39. The largest absolute Gasteiger partial charge is 0.334 e. The Balaban J connectivity index is 2.39. The summed E-state index contributed by atoms with van der Waals surface area (Å²) in [7, 11) is 0. The molecule has 0 aliphatic heterocycles. The van der Waals surface area contributed by atoms with Gasteiger partial charge in [-0.15, -0.1) is 0 Å². The van der Waals surface area contributed by atoms with Crippen molar-refractivity contribution in [1.29, 1.82) is 0 Å². The standard InChI is InChI=1S/C10H7ClN2O/c1-2-9-12-10(13-14-9)7-3-5-8(11)6-4-7/h2-6H,1H2.